The van der Waals surface area contributed by atoms with Crippen LogP contribution in [0.25, 0.3) is 97.0 Å². The van der Waals surface area contributed by atoms with Crippen molar-refractivity contribution in [2.24, 2.45) is 0 Å². The minimum absolute atomic E-state index is 1.10. The van der Waals surface area contributed by atoms with Crippen LogP contribution in [0.3, 0.4) is 0 Å². The second-order valence-electron chi connectivity index (χ2n) is 16.0. The lowest BCUT2D eigenvalue weighted by Crippen LogP contribution is -2.12. The third-order valence-electron chi connectivity index (χ3n) is 12.4. The van der Waals surface area contributed by atoms with Gasteiger partial charge < -0.3 is 4.90 Å². The Labute approximate surface area is 365 Å². The molecule has 62 heavy (non-hydrogen) atoms. The molecule has 0 atom stereocenters. The summed E-state index contributed by atoms with van der Waals surface area (Å²) in [5, 5.41) is 10.2. The van der Waals surface area contributed by atoms with Crippen LogP contribution < -0.4 is 4.90 Å². The lowest BCUT2D eigenvalue weighted by atomic mass is 9.92. The Bertz CT molecular complexity index is 3610. The van der Waals surface area contributed by atoms with Gasteiger partial charge in [0, 0.05) is 31.4 Å². The van der Waals surface area contributed by atoms with Crippen molar-refractivity contribution in [2.45, 2.75) is 0 Å². The van der Waals surface area contributed by atoms with E-state index in [1.807, 2.05) is 11.3 Å². The van der Waals surface area contributed by atoms with Gasteiger partial charge in [-0.2, -0.15) is 0 Å². The highest BCUT2D eigenvalue weighted by Gasteiger charge is 2.24. The molecule has 0 bridgehead atoms. The molecule has 0 saturated heterocycles. The third kappa shape index (κ3) is 6.15. The largest absolute Gasteiger partial charge is 0.309 e. The maximum Gasteiger partial charge on any atom is 0.0561 e. The normalized spacial score (nSPS) is 11.5. The van der Waals surface area contributed by atoms with E-state index in [0.29, 0.717) is 0 Å². The highest BCUT2D eigenvalue weighted by atomic mass is 32.1. The second-order valence-corrected chi connectivity index (χ2v) is 17.1. The van der Waals surface area contributed by atoms with E-state index in [4.69, 9.17) is 0 Å². The van der Waals surface area contributed by atoms with Gasteiger partial charge in [0.05, 0.1) is 11.4 Å². The molecule has 1 nitrogen and oxygen atoms in total. The lowest BCUT2D eigenvalue weighted by Gasteiger charge is -2.30. The van der Waals surface area contributed by atoms with Crippen molar-refractivity contribution in [2.75, 3.05) is 4.90 Å². The maximum absolute atomic E-state index is 2.50. The molecule has 0 fully saturated rings. The fourth-order valence-electron chi connectivity index (χ4n) is 9.45. The Morgan fingerprint density at radius 3 is 1.52 bits per heavy atom. The second kappa shape index (κ2) is 15.0. The van der Waals surface area contributed by atoms with Crippen molar-refractivity contribution in [3.8, 4) is 44.5 Å². The summed E-state index contributed by atoms with van der Waals surface area (Å²) in [6.45, 7) is 0. The van der Waals surface area contributed by atoms with Gasteiger partial charge in [0.1, 0.15) is 0 Å². The molecular weight excluding hydrogens is 767 g/mol. The zero-order chi connectivity index (χ0) is 41.0. The molecule has 0 unspecified atom stereocenters. The van der Waals surface area contributed by atoms with Gasteiger partial charge in [0.2, 0.25) is 0 Å². The van der Waals surface area contributed by atoms with E-state index < -0.39 is 0 Å². The summed E-state index contributed by atoms with van der Waals surface area (Å²) in [6, 6.07) is 86.7. The minimum Gasteiger partial charge on any atom is -0.309 e. The first-order chi connectivity index (χ1) is 30.7. The number of anilines is 3. The van der Waals surface area contributed by atoms with E-state index in [2.05, 4.69) is 241 Å². The van der Waals surface area contributed by atoms with Crippen molar-refractivity contribution in [1.82, 2.24) is 0 Å². The van der Waals surface area contributed by atoms with Gasteiger partial charge in [0.15, 0.2) is 0 Å². The molecule has 11 aromatic carbocycles. The Hall–Kier alpha value is -7.78. The predicted octanol–water partition coefficient (Wildman–Crippen LogP) is 17.7. The van der Waals surface area contributed by atoms with Crippen LogP contribution in [0.2, 0.25) is 0 Å². The van der Waals surface area contributed by atoms with Crippen molar-refractivity contribution >= 4 is 80.9 Å². The fraction of sp³-hybridized carbons (Fsp3) is 0. The molecule has 0 N–H and O–H groups in total. The van der Waals surface area contributed by atoms with Gasteiger partial charge in [0.25, 0.3) is 0 Å². The molecule has 0 aliphatic rings. The Morgan fingerprint density at radius 1 is 0.290 bits per heavy atom. The summed E-state index contributed by atoms with van der Waals surface area (Å²) in [4.78, 5) is 2.50. The summed E-state index contributed by atoms with van der Waals surface area (Å²) >= 11 is 1.89. The van der Waals surface area contributed by atoms with Crippen LogP contribution in [-0.2, 0) is 0 Å². The molecule has 0 saturated carbocycles. The van der Waals surface area contributed by atoms with Crippen LogP contribution in [0.5, 0.6) is 0 Å². The zero-order valence-corrected chi connectivity index (χ0v) is 34.7. The zero-order valence-electron chi connectivity index (χ0n) is 33.9. The summed E-state index contributed by atoms with van der Waals surface area (Å²) in [5.74, 6) is 0. The lowest BCUT2D eigenvalue weighted by molar-refractivity contribution is 1.30. The standard InChI is InChI=1S/C60H39NS/c1-3-15-40(16-4-1)45-33-36-56(55(37-45)43-17-5-2-6-18-43)61(57-39-47-20-8-10-22-50(47)60-59(57)53-25-13-14-26-58(53)62-60)48-34-31-42(32-35-48)41-27-29-44(30-28-41)54-38-46-19-7-9-21-49(46)51-23-11-12-24-52(51)54/h1-39H. The van der Waals surface area contributed by atoms with Crippen LogP contribution in [0.4, 0.5) is 17.1 Å². The fourth-order valence-corrected chi connectivity index (χ4v) is 10.7. The summed E-state index contributed by atoms with van der Waals surface area (Å²) in [5.41, 5.74) is 13.0. The first kappa shape index (κ1) is 36.1. The van der Waals surface area contributed by atoms with Crippen molar-refractivity contribution in [1.29, 1.82) is 0 Å². The van der Waals surface area contributed by atoms with Gasteiger partial charge in [-0.15, -0.1) is 11.3 Å². The van der Waals surface area contributed by atoms with Gasteiger partial charge in [-0.05, 0) is 114 Å². The monoisotopic (exact) mass is 805 g/mol. The molecule has 0 aliphatic heterocycles. The third-order valence-corrected chi connectivity index (χ3v) is 13.6. The number of rotatable bonds is 7. The highest BCUT2D eigenvalue weighted by Crippen LogP contribution is 2.50. The van der Waals surface area contributed by atoms with Gasteiger partial charge in [-0.25, -0.2) is 0 Å². The summed E-state index contributed by atoms with van der Waals surface area (Å²) in [6.07, 6.45) is 0. The number of benzene rings is 11. The summed E-state index contributed by atoms with van der Waals surface area (Å²) < 4.78 is 2.60. The Balaban J connectivity index is 1.03. The SMILES string of the molecule is c1ccc(-c2ccc(N(c3ccc(-c4ccc(-c5cc6ccccc6c6ccccc56)cc4)cc3)c3cc4ccccc4c4sc5ccccc5c34)c(-c3ccccc3)c2)cc1. The van der Waals surface area contributed by atoms with Crippen molar-refractivity contribution in [3.63, 3.8) is 0 Å². The Morgan fingerprint density at radius 2 is 0.790 bits per heavy atom. The van der Waals surface area contributed by atoms with Crippen LogP contribution >= 0.6 is 11.3 Å². The van der Waals surface area contributed by atoms with Crippen molar-refractivity contribution in [3.05, 3.63) is 237 Å². The predicted molar refractivity (Wildman–Crippen MR) is 268 cm³/mol. The van der Waals surface area contributed by atoms with Gasteiger partial charge in [-0.3, -0.25) is 0 Å². The van der Waals surface area contributed by atoms with Crippen LogP contribution in [0.1, 0.15) is 0 Å². The number of hydrogen-bond donors (Lipinski definition) is 0. The molecule has 0 aliphatic carbocycles. The number of hydrogen-bond acceptors (Lipinski definition) is 2. The van der Waals surface area contributed by atoms with E-state index in [9.17, 15) is 0 Å². The van der Waals surface area contributed by atoms with Crippen LogP contribution in [-0.4, -0.2) is 0 Å². The molecular formula is C60H39NS. The molecule has 290 valence electrons. The number of fused-ring (bicyclic) bond motifs is 8. The van der Waals surface area contributed by atoms with E-state index in [1.54, 1.807) is 0 Å². The number of thiophene rings is 1. The average Bonchev–Trinajstić information content (AvgIpc) is 3.75. The van der Waals surface area contributed by atoms with Crippen molar-refractivity contribution < 1.29 is 0 Å². The quantitative estimate of drug-likeness (QED) is 0.145. The maximum atomic E-state index is 2.50. The molecule has 0 spiro atoms. The van der Waals surface area contributed by atoms with E-state index >= 15 is 0 Å². The molecule has 2 heteroatoms. The van der Waals surface area contributed by atoms with Gasteiger partial charge >= 0.3 is 0 Å². The first-order valence-corrected chi connectivity index (χ1v) is 22.1. The molecule has 0 amide bonds. The smallest absolute Gasteiger partial charge is 0.0561 e. The van der Waals surface area contributed by atoms with E-state index in [-0.39, 0.29) is 0 Å². The average molecular weight is 806 g/mol. The van der Waals surface area contributed by atoms with Crippen LogP contribution in [0, 0.1) is 0 Å². The topological polar surface area (TPSA) is 3.24 Å². The van der Waals surface area contributed by atoms with E-state index in [0.717, 1.165) is 11.4 Å². The molecule has 1 aromatic heterocycles. The Kier molecular flexibility index (Phi) is 8.76. The number of nitrogens with zero attached hydrogens (tertiary/aromatic N) is 1. The van der Waals surface area contributed by atoms with Gasteiger partial charge in [-0.1, -0.05) is 194 Å². The molecule has 1 heterocycles. The molecule has 12 rings (SSSR count). The molecule has 0 radical (unpaired) electrons. The minimum atomic E-state index is 1.10. The highest BCUT2D eigenvalue weighted by molar-refractivity contribution is 7.26. The summed E-state index contributed by atoms with van der Waals surface area (Å²) in [7, 11) is 0. The van der Waals surface area contributed by atoms with Crippen LogP contribution in [0.15, 0.2) is 237 Å². The molecule has 12 aromatic rings. The first-order valence-electron chi connectivity index (χ1n) is 21.2. The van der Waals surface area contributed by atoms with E-state index in [1.165, 1.54) is 103 Å².